The molecule has 0 bridgehead atoms. The minimum Gasteiger partial charge on any atom is -0.393 e. The van der Waals surface area contributed by atoms with E-state index in [1.165, 1.54) is 0 Å². The van der Waals surface area contributed by atoms with Gasteiger partial charge in [-0.3, -0.25) is 4.79 Å². The number of benzene rings is 1. The van der Waals surface area contributed by atoms with Gasteiger partial charge in [0.2, 0.25) is 0 Å². The Morgan fingerprint density at radius 3 is 2.59 bits per heavy atom. The summed E-state index contributed by atoms with van der Waals surface area (Å²) < 4.78 is 5.00. The molecule has 4 nitrogen and oxygen atoms in total. The van der Waals surface area contributed by atoms with Crippen molar-refractivity contribution in [2.45, 2.75) is 31.6 Å². The summed E-state index contributed by atoms with van der Waals surface area (Å²) in [5, 5.41) is 12.0. The predicted molar refractivity (Wildman–Crippen MR) is 63.7 cm³/mol. The van der Waals surface area contributed by atoms with Gasteiger partial charge in [0.25, 0.3) is 5.91 Å². The summed E-state index contributed by atoms with van der Waals surface area (Å²) >= 11 is 0. The molecule has 0 unspecified atom stereocenters. The van der Waals surface area contributed by atoms with E-state index in [4.69, 9.17) is 9.84 Å². The maximum Gasteiger partial charge on any atom is 0.251 e. The van der Waals surface area contributed by atoms with Crippen LogP contribution in [0.2, 0.25) is 0 Å². The average molecular weight is 235 g/mol. The number of hydrogen-bond acceptors (Lipinski definition) is 3. The molecule has 1 saturated carbocycles. The lowest BCUT2D eigenvalue weighted by molar-refractivity contribution is 0.0562. The van der Waals surface area contributed by atoms with Crippen molar-refractivity contribution in [3.05, 3.63) is 35.4 Å². The molecular formula is C13H17NO3. The number of amides is 1. The Morgan fingerprint density at radius 2 is 2.06 bits per heavy atom. The first-order valence-corrected chi connectivity index (χ1v) is 5.76. The number of aliphatic hydroxyl groups excluding tert-OH is 1. The van der Waals surface area contributed by atoms with Crippen LogP contribution in [0.25, 0.3) is 0 Å². The number of aliphatic hydroxyl groups is 1. The van der Waals surface area contributed by atoms with Gasteiger partial charge in [0.1, 0.15) is 0 Å². The van der Waals surface area contributed by atoms with Gasteiger partial charge in [0.15, 0.2) is 0 Å². The fraction of sp³-hybridized carbons (Fsp3) is 0.462. The van der Waals surface area contributed by atoms with Crippen LogP contribution in [0.3, 0.4) is 0 Å². The number of ether oxygens (including phenoxy) is 1. The Kier molecular flexibility index (Phi) is 3.76. The highest BCUT2D eigenvalue weighted by Crippen LogP contribution is 2.19. The zero-order valence-electron chi connectivity index (χ0n) is 9.85. The molecule has 0 heterocycles. The van der Waals surface area contributed by atoms with Crippen LogP contribution in [-0.2, 0) is 11.3 Å². The van der Waals surface area contributed by atoms with Crippen LogP contribution < -0.4 is 5.32 Å². The highest BCUT2D eigenvalue weighted by Gasteiger charge is 2.28. The van der Waals surface area contributed by atoms with Gasteiger partial charge in [-0.15, -0.1) is 0 Å². The molecule has 4 heteroatoms. The fourth-order valence-electron chi connectivity index (χ4n) is 1.89. The molecule has 92 valence electrons. The molecule has 1 fully saturated rings. The third-order valence-electron chi connectivity index (χ3n) is 2.98. The molecule has 0 radical (unpaired) electrons. The van der Waals surface area contributed by atoms with Gasteiger partial charge in [-0.2, -0.15) is 0 Å². The summed E-state index contributed by atoms with van der Waals surface area (Å²) in [7, 11) is 1.64. The number of rotatable bonds is 4. The summed E-state index contributed by atoms with van der Waals surface area (Å²) in [5.41, 5.74) is 1.69. The van der Waals surface area contributed by atoms with Crippen LogP contribution in [0.5, 0.6) is 0 Å². The summed E-state index contributed by atoms with van der Waals surface area (Å²) in [4.78, 5) is 11.8. The highest BCUT2D eigenvalue weighted by atomic mass is 16.5. The van der Waals surface area contributed by atoms with E-state index in [9.17, 15) is 4.79 Å². The van der Waals surface area contributed by atoms with Crippen molar-refractivity contribution >= 4 is 5.91 Å². The van der Waals surface area contributed by atoms with Gasteiger partial charge in [0.05, 0.1) is 12.7 Å². The molecular weight excluding hydrogens is 218 g/mol. The molecule has 0 aromatic heterocycles. The first-order chi connectivity index (χ1) is 8.19. The molecule has 1 aromatic rings. The molecule has 1 aromatic carbocycles. The van der Waals surface area contributed by atoms with E-state index < -0.39 is 0 Å². The van der Waals surface area contributed by atoms with Gasteiger partial charge in [-0.25, -0.2) is 0 Å². The van der Waals surface area contributed by atoms with E-state index in [-0.39, 0.29) is 18.1 Å². The summed E-state index contributed by atoms with van der Waals surface area (Å²) in [6.45, 7) is 0.552. The Balaban J connectivity index is 1.90. The van der Waals surface area contributed by atoms with Crippen LogP contribution >= 0.6 is 0 Å². The maximum absolute atomic E-state index is 11.8. The van der Waals surface area contributed by atoms with Crippen molar-refractivity contribution in [2.75, 3.05) is 7.11 Å². The van der Waals surface area contributed by atoms with Crippen LogP contribution in [0, 0.1) is 0 Å². The lowest BCUT2D eigenvalue weighted by Crippen LogP contribution is -2.46. The molecule has 0 atom stereocenters. The lowest BCUT2D eigenvalue weighted by atomic mass is 9.89. The smallest absolute Gasteiger partial charge is 0.251 e. The van der Waals surface area contributed by atoms with E-state index in [1.54, 1.807) is 19.2 Å². The zero-order chi connectivity index (χ0) is 12.3. The Morgan fingerprint density at radius 1 is 1.41 bits per heavy atom. The molecule has 0 aliphatic heterocycles. The highest BCUT2D eigenvalue weighted by molar-refractivity contribution is 5.94. The van der Waals surface area contributed by atoms with Crippen molar-refractivity contribution in [3.63, 3.8) is 0 Å². The van der Waals surface area contributed by atoms with Gasteiger partial charge in [0, 0.05) is 18.7 Å². The Bertz CT molecular complexity index is 382. The van der Waals surface area contributed by atoms with E-state index >= 15 is 0 Å². The van der Waals surface area contributed by atoms with E-state index in [2.05, 4.69) is 5.32 Å². The summed E-state index contributed by atoms with van der Waals surface area (Å²) in [6, 6.07) is 7.47. The lowest BCUT2D eigenvalue weighted by Gasteiger charge is -2.31. The first kappa shape index (κ1) is 12.1. The van der Waals surface area contributed by atoms with Crippen LogP contribution in [0.1, 0.15) is 28.8 Å². The number of methoxy groups -OCH3 is 1. The third-order valence-corrected chi connectivity index (χ3v) is 2.98. The monoisotopic (exact) mass is 235 g/mol. The van der Waals surface area contributed by atoms with Crippen LogP contribution in [-0.4, -0.2) is 30.3 Å². The molecule has 1 aliphatic carbocycles. The van der Waals surface area contributed by atoms with E-state index in [0.29, 0.717) is 25.0 Å². The molecule has 0 saturated heterocycles. The second-order valence-corrected chi connectivity index (χ2v) is 4.43. The van der Waals surface area contributed by atoms with Crippen molar-refractivity contribution in [2.24, 2.45) is 0 Å². The van der Waals surface area contributed by atoms with Crippen LogP contribution in [0.15, 0.2) is 24.3 Å². The summed E-state index contributed by atoms with van der Waals surface area (Å²) in [5.74, 6) is -0.0779. The molecule has 2 rings (SSSR count). The van der Waals surface area contributed by atoms with Crippen molar-refractivity contribution in [1.82, 2.24) is 5.32 Å². The van der Waals surface area contributed by atoms with E-state index in [1.807, 2.05) is 12.1 Å². The number of nitrogens with one attached hydrogen (secondary N) is 1. The normalized spacial score (nSPS) is 22.9. The summed E-state index contributed by atoms with van der Waals surface area (Å²) in [6.07, 6.45) is 1.07. The van der Waals surface area contributed by atoms with Crippen molar-refractivity contribution < 1.29 is 14.6 Å². The largest absolute Gasteiger partial charge is 0.393 e. The third kappa shape index (κ3) is 3.05. The topological polar surface area (TPSA) is 58.6 Å². The molecule has 0 spiro atoms. The second kappa shape index (κ2) is 5.29. The average Bonchev–Trinajstić information content (AvgIpc) is 2.28. The zero-order valence-corrected chi connectivity index (χ0v) is 9.85. The second-order valence-electron chi connectivity index (χ2n) is 4.43. The standard InChI is InChI=1S/C13H17NO3/c1-17-8-9-2-4-10(5-3-9)13(16)14-11-6-12(15)7-11/h2-5,11-12,15H,6-8H2,1H3,(H,14,16). The SMILES string of the molecule is COCc1ccc(C(=O)NC2CC(O)C2)cc1. The molecule has 2 N–H and O–H groups in total. The first-order valence-electron chi connectivity index (χ1n) is 5.76. The Labute approximate surface area is 101 Å². The number of hydrogen-bond donors (Lipinski definition) is 2. The molecule has 1 aliphatic rings. The minimum absolute atomic E-state index is 0.0779. The number of carbonyl (C=O) groups excluding carboxylic acids is 1. The molecule has 1 amide bonds. The van der Waals surface area contributed by atoms with Gasteiger partial charge in [-0.1, -0.05) is 12.1 Å². The maximum atomic E-state index is 11.8. The number of carbonyl (C=O) groups is 1. The fourth-order valence-corrected chi connectivity index (χ4v) is 1.89. The van der Waals surface area contributed by atoms with E-state index in [0.717, 1.165) is 5.56 Å². The quantitative estimate of drug-likeness (QED) is 0.821. The van der Waals surface area contributed by atoms with Gasteiger partial charge < -0.3 is 15.2 Å². The van der Waals surface area contributed by atoms with Gasteiger partial charge >= 0.3 is 0 Å². The van der Waals surface area contributed by atoms with Gasteiger partial charge in [-0.05, 0) is 30.5 Å². The van der Waals surface area contributed by atoms with Crippen LogP contribution in [0.4, 0.5) is 0 Å². The predicted octanol–water partition coefficient (Wildman–Crippen LogP) is 1.09. The Hall–Kier alpha value is -1.39. The van der Waals surface area contributed by atoms with Crippen molar-refractivity contribution in [3.8, 4) is 0 Å². The van der Waals surface area contributed by atoms with Crippen molar-refractivity contribution in [1.29, 1.82) is 0 Å². The minimum atomic E-state index is -0.246. The molecule has 17 heavy (non-hydrogen) atoms.